The van der Waals surface area contributed by atoms with Crippen LogP contribution in [0.2, 0.25) is 0 Å². The third-order valence-electron chi connectivity index (χ3n) is 1.99. The van der Waals surface area contributed by atoms with Crippen molar-refractivity contribution in [2.24, 2.45) is 0 Å². The van der Waals surface area contributed by atoms with Crippen LogP contribution in [0.4, 0.5) is 13.2 Å². The van der Waals surface area contributed by atoms with Crippen LogP contribution < -0.4 is 4.74 Å². The Hall–Kier alpha value is -1.52. The third kappa shape index (κ3) is 2.74. The zero-order chi connectivity index (χ0) is 12.3. The SMILES string of the molecule is CCOc1ccc(C(=O)C(F)(F)F)cc1C. The molecule has 1 aromatic rings. The number of rotatable bonds is 3. The molecule has 0 aliphatic rings. The lowest BCUT2D eigenvalue weighted by Crippen LogP contribution is -2.22. The van der Waals surface area contributed by atoms with Crippen molar-refractivity contribution in [3.05, 3.63) is 29.3 Å². The summed E-state index contributed by atoms with van der Waals surface area (Å²) in [6, 6.07) is 3.67. The highest BCUT2D eigenvalue weighted by Crippen LogP contribution is 2.25. The van der Waals surface area contributed by atoms with E-state index in [1.165, 1.54) is 12.1 Å². The highest BCUT2D eigenvalue weighted by molar-refractivity contribution is 6.00. The Balaban J connectivity index is 3.02. The van der Waals surface area contributed by atoms with Crippen LogP contribution in [0.1, 0.15) is 22.8 Å². The van der Waals surface area contributed by atoms with E-state index in [9.17, 15) is 18.0 Å². The molecular formula is C11H11F3O2. The maximum Gasteiger partial charge on any atom is 0.454 e. The summed E-state index contributed by atoms with van der Waals surface area (Å²) in [5, 5.41) is 0. The van der Waals surface area contributed by atoms with E-state index >= 15 is 0 Å². The van der Waals surface area contributed by atoms with Gasteiger partial charge in [-0.15, -0.1) is 0 Å². The Morgan fingerprint density at radius 2 is 2.00 bits per heavy atom. The number of ether oxygens (including phenoxy) is 1. The molecule has 0 fully saturated rings. The lowest BCUT2D eigenvalue weighted by Gasteiger charge is -2.09. The van der Waals surface area contributed by atoms with Gasteiger partial charge >= 0.3 is 6.18 Å². The molecule has 0 aliphatic heterocycles. The smallest absolute Gasteiger partial charge is 0.454 e. The summed E-state index contributed by atoms with van der Waals surface area (Å²) >= 11 is 0. The second kappa shape index (κ2) is 4.55. The van der Waals surface area contributed by atoms with Gasteiger partial charge < -0.3 is 4.74 Å². The summed E-state index contributed by atoms with van der Waals surface area (Å²) in [6.07, 6.45) is -4.83. The molecule has 5 heteroatoms. The molecular weight excluding hydrogens is 221 g/mol. The fourth-order valence-corrected chi connectivity index (χ4v) is 1.27. The van der Waals surface area contributed by atoms with E-state index in [2.05, 4.69) is 0 Å². The van der Waals surface area contributed by atoms with Crippen molar-refractivity contribution in [1.29, 1.82) is 0 Å². The first-order valence-electron chi connectivity index (χ1n) is 4.71. The molecule has 0 amide bonds. The molecule has 0 bridgehead atoms. The van der Waals surface area contributed by atoms with Gasteiger partial charge in [0.05, 0.1) is 6.61 Å². The molecule has 1 rings (SSSR count). The first-order valence-corrected chi connectivity index (χ1v) is 4.71. The number of Topliss-reactive ketones (excluding diaryl/α,β-unsaturated/α-hetero) is 1. The van der Waals surface area contributed by atoms with Gasteiger partial charge in [-0.1, -0.05) is 0 Å². The number of benzene rings is 1. The normalized spacial score (nSPS) is 11.3. The van der Waals surface area contributed by atoms with Crippen LogP contribution in [0.25, 0.3) is 0 Å². The zero-order valence-electron chi connectivity index (χ0n) is 8.89. The molecule has 0 spiro atoms. The van der Waals surface area contributed by atoms with E-state index in [-0.39, 0.29) is 5.56 Å². The minimum Gasteiger partial charge on any atom is -0.494 e. The van der Waals surface area contributed by atoms with Crippen molar-refractivity contribution in [2.45, 2.75) is 20.0 Å². The fourth-order valence-electron chi connectivity index (χ4n) is 1.27. The van der Waals surface area contributed by atoms with Gasteiger partial charge in [0.1, 0.15) is 5.75 Å². The molecule has 0 saturated heterocycles. The lowest BCUT2D eigenvalue weighted by molar-refractivity contribution is -0.0885. The van der Waals surface area contributed by atoms with Crippen LogP contribution in [0.15, 0.2) is 18.2 Å². The van der Waals surface area contributed by atoms with E-state index in [1.54, 1.807) is 13.8 Å². The maximum absolute atomic E-state index is 12.1. The van der Waals surface area contributed by atoms with Crippen molar-refractivity contribution >= 4 is 5.78 Å². The number of hydrogen-bond donors (Lipinski definition) is 0. The molecule has 0 aromatic heterocycles. The minimum absolute atomic E-state index is 0.367. The first kappa shape index (κ1) is 12.5. The molecule has 0 aliphatic carbocycles. The van der Waals surface area contributed by atoms with Crippen LogP contribution in [0.3, 0.4) is 0 Å². The van der Waals surface area contributed by atoms with Gasteiger partial charge in [0, 0.05) is 5.56 Å². The Morgan fingerprint density at radius 3 is 2.44 bits per heavy atom. The maximum atomic E-state index is 12.1. The average Bonchev–Trinajstić information content (AvgIpc) is 2.19. The Bertz CT molecular complexity index is 397. The van der Waals surface area contributed by atoms with Crippen molar-refractivity contribution in [3.63, 3.8) is 0 Å². The Morgan fingerprint density at radius 1 is 1.38 bits per heavy atom. The molecule has 0 radical (unpaired) electrons. The molecule has 1 aromatic carbocycles. The van der Waals surface area contributed by atoms with E-state index in [0.717, 1.165) is 6.07 Å². The summed E-state index contributed by atoms with van der Waals surface area (Å²) in [5.41, 5.74) is 0.144. The van der Waals surface area contributed by atoms with Crippen LogP contribution in [-0.2, 0) is 0 Å². The molecule has 16 heavy (non-hydrogen) atoms. The number of hydrogen-bond acceptors (Lipinski definition) is 2. The van der Waals surface area contributed by atoms with Gasteiger partial charge in [0.25, 0.3) is 5.78 Å². The molecule has 0 unspecified atom stereocenters. The van der Waals surface area contributed by atoms with Gasteiger partial charge in [-0.2, -0.15) is 13.2 Å². The monoisotopic (exact) mass is 232 g/mol. The van der Waals surface area contributed by atoms with Gasteiger partial charge in [0.2, 0.25) is 0 Å². The zero-order valence-corrected chi connectivity index (χ0v) is 8.89. The first-order chi connectivity index (χ1) is 7.36. The molecule has 0 heterocycles. The van der Waals surface area contributed by atoms with Crippen LogP contribution in [0, 0.1) is 6.92 Å². The number of alkyl halides is 3. The molecule has 0 saturated carbocycles. The fraction of sp³-hybridized carbons (Fsp3) is 0.364. The number of halogens is 3. The van der Waals surface area contributed by atoms with E-state index in [1.807, 2.05) is 0 Å². The largest absolute Gasteiger partial charge is 0.494 e. The van der Waals surface area contributed by atoms with E-state index in [4.69, 9.17) is 4.74 Å². The third-order valence-corrected chi connectivity index (χ3v) is 1.99. The van der Waals surface area contributed by atoms with Gasteiger partial charge in [-0.3, -0.25) is 4.79 Å². The minimum atomic E-state index is -4.83. The van der Waals surface area contributed by atoms with Crippen LogP contribution in [0.5, 0.6) is 5.75 Å². The van der Waals surface area contributed by atoms with Gasteiger partial charge in [-0.25, -0.2) is 0 Å². The second-order valence-corrected chi connectivity index (χ2v) is 3.24. The summed E-state index contributed by atoms with van der Waals surface area (Å²) in [6.45, 7) is 3.79. The highest BCUT2D eigenvalue weighted by atomic mass is 19.4. The highest BCUT2D eigenvalue weighted by Gasteiger charge is 2.39. The van der Waals surface area contributed by atoms with Gasteiger partial charge in [-0.05, 0) is 37.6 Å². The number of aryl methyl sites for hydroxylation is 1. The predicted molar refractivity (Wildman–Crippen MR) is 52.7 cm³/mol. The number of carbonyl (C=O) groups excluding carboxylic acids is 1. The van der Waals surface area contributed by atoms with Crippen molar-refractivity contribution in [3.8, 4) is 5.75 Å². The number of carbonyl (C=O) groups is 1. The van der Waals surface area contributed by atoms with Gasteiger partial charge in [0.15, 0.2) is 0 Å². The molecule has 0 N–H and O–H groups in total. The quantitative estimate of drug-likeness (QED) is 0.748. The average molecular weight is 232 g/mol. The van der Waals surface area contributed by atoms with E-state index in [0.29, 0.717) is 17.9 Å². The number of ketones is 1. The Labute approximate surface area is 91.0 Å². The summed E-state index contributed by atoms with van der Waals surface area (Å²) < 4.78 is 41.6. The molecule has 0 atom stereocenters. The summed E-state index contributed by atoms with van der Waals surface area (Å²) in [7, 11) is 0. The predicted octanol–water partition coefficient (Wildman–Crippen LogP) is 3.14. The summed E-state index contributed by atoms with van der Waals surface area (Å²) in [4.78, 5) is 10.9. The topological polar surface area (TPSA) is 26.3 Å². The summed E-state index contributed by atoms with van der Waals surface area (Å²) in [5.74, 6) is -1.35. The van der Waals surface area contributed by atoms with Crippen molar-refractivity contribution in [1.82, 2.24) is 0 Å². The lowest BCUT2D eigenvalue weighted by atomic mass is 10.1. The van der Waals surface area contributed by atoms with Crippen molar-refractivity contribution < 1.29 is 22.7 Å². The Kier molecular flexibility index (Phi) is 3.57. The van der Waals surface area contributed by atoms with E-state index < -0.39 is 12.0 Å². The molecule has 2 nitrogen and oxygen atoms in total. The standard InChI is InChI=1S/C11H11F3O2/c1-3-16-9-5-4-8(6-7(9)2)10(15)11(12,13)14/h4-6H,3H2,1-2H3. The van der Waals surface area contributed by atoms with Crippen LogP contribution >= 0.6 is 0 Å². The molecule has 88 valence electrons. The van der Waals surface area contributed by atoms with Crippen LogP contribution in [-0.4, -0.2) is 18.6 Å². The second-order valence-electron chi connectivity index (χ2n) is 3.24. The van der Waals surface area contributed by atoms with Crippen molar-refractivity contribution in [2.75, 3.05) is 6.61 Å².